The molecule has 60 heavy (non-hydrogen) atoms. The number of likely N-dealkylation sites (tertiary alicyclic amines) is 2. The van der Waals surface area contributed by atoms with E-state index in [1.165, 1.54) is 17.9 Å². The average Bonchev–Trinajstić information content (AvgIpc) is 3.46. The van der Waals surface area contributed by atoms with E-state index in [0.29, 0.717) is 42.2 Å². The summed E-state index contributed by atoms with van der Waals surface area (Å²) in [5, 5.41) is 32.8. The number of likely N-dealkylation sites (N-methyl/N-ethyl adjacent to an activating group) is 1. The van der Waals surface area contributed by atoms with E-state index in [4.69, 9.17) is 11.6 Å². The summed E-state index contributed by atoms with van der Waals surface area (Å²) in [5.74, 6) is -3.06. The number of nitrogens with one attached hydrogen (secondary N) is 4. The number of anilines is 1. The Hall–Kier alpha value is -5.10. The smallest absolute Gasteiger partial charge is 0.319 e. The van der Waals surface area contributed by atoms with Gasteiger partial charge in [0.05, 0.1) is 12.2 Å². The molecule has 7 amide bonds. The fourth-order valence-electron chi connectivity index (χ4n) is 8.68. The number of hydrogen-bond donors (Lipinski definition) is 6. The van der Waals surface area contributed by atoms with Crippen LogP contribution in [0.3, 0.4) is 0 Å². The molecule has 0 radical (unpaired) electrons. The summed E-state index contributed by atoms with van der Waals surface area (Å²) < 4.78 is 0. The van der Waals surface area contributed by atoms with Crippen molar-refractivity contribution in [2.75, 3.05) is 45.1 Å². The molecule has 9 atom stereocenters. The van der Waals surface area contributed by atoms with Gasteiger partial charge in [-0.05, 0) is 63.9 Å². The van der Waals surface area contributed by atoms with E-state index in [2.05, 4.69) is 21.3 Å². The number of amides is 7. The van der Waals surface area contributed by atoms with Gasteiger partial charge in [-0.2, -0.15) is 0 Å². The topological polar surface area (TPSA) is 221 Å². The van der Waals surface area contributed by atoms with Gasteiger partial charge in [0.15, 0.2) is 5.78 Å². The number of Topliss-reactive ketones (excluding diaryl/α,β-unsaturated/α-hetero) is 1. The summed E-state index contributed by atoms with van der Waals surface area (Å²) in [7, 11) is 1.79. The predicted molar refractivity (Wildman–Crippen MR) is 220 cm³/mol. The van der Waals surface area contributed by atoms with E-state index in [-0.39, 0.29) is 50.1 Å². The van der Waals surface area contributed by atoms with Crippen LogP contribution in [0.1, 0.15) is 51.2 Å². The molecule has 2 aromatic rings. The zero-order chi connectivity index (χ0) is 43.6. The van der Waals surface area contributed by atoms with Crippen LogP contribution in [-0.2, 0) is 35.2 Å². The van der Waals surface area contributed by atoms with Crippen molar-refractivity contribution in [2.24, 2.45) is 5.92 Å². The van der Waals surface area contributed by atoms with Crippen molar-refractivity contribution in [1.29, 1.82) is 0 Å². The Morgan fingerprint density at radius 3 is 2.30 bits per heavy atom. The molecule has 3 heterocycles. The number of urea groups is 1. The van der Waals surface area contributed by atoms with Crippen LogP contribution in [0.4, 0.5) is 10.5 Å². The fourth-order valence-corrected chi connectivity index (χ4v) is 8.87. The third-order valence-corrected chi connectivity index (χ3v) is 12.1. The quantitative estimate of drug-likeness (QED) is 0.173. The van der Waals surface area contributed by atoms with Gasteiger partial charge >= 0.3 is 6.03 Å². The highest BCUT2D eigenvalue weighted by atomic mass is 35.5. The van der Waals surface area contributed by atoms with Gasteiger partial charge < -0.3 is 51.1 Å². The number of β-amino-alcohol motifs (C(OH)–C–C–N with tert-alkyl or cyclic N) is 1. The molecule has 4 aliphatic rings. The van der Waals surface area contributed by atoms with Crippen LogP contribution in [0.25, 0.3) is 0 Å². The minimum Gasteiger partial charge on any atom is -0.391 e. The van der Waals surface area contributed by atoms with Crippen LogP contribution >= 0.6 is 11.6 Å². The van der Waals surface area contributed by atoms with Crippen molar-refractivity contribution in [1.82, 2.24) is 35.6 Å². The number of hydrogen-bond acceptors (Lipinski definition) is 10. The van der Waals surface area contributed by atoms with Crippen LogP contribution in [0.5, 0.6) is 0 Å². The van der Waals surface area contributed by atoms with Crippen LogP contribution in [-0.4, -0.2) is 159 Å². The highest BCUT2D eigenvalue weighted by Crippen LogP contribution is 2.48. The summed E-state index contributed by atoms with van der Waals surface area (Å²) in [6, 6.07) is 6.90. The van der Waals surface area contributed by atoms with Gasteiger partial charge in [-0.3, -0.25) is 28.8 Å². The third kappa shape index (κ3) is 9.91. The van der Waals surface area contributed by atoms with Gasteiger partial charge in [0.25, 0.3) is 0 Å². The number of carbonyl (C=O) groups is 7. The molecule has 2 aromatic carbocycles. The SMILES string of the molecule is Cc1cccc(C[C@H](NC(=O)Nc2cccc(Cl)c2)C(=O)N[C@H](C(=O)N2C[C@H](O)C[C@H]2C(=O)N2CCN(C)C[C@H]2C(=O)N[C@@H](C)C(=O)N2C[C@H](C)C[C@@]23CC3=O)[C@H](C)O)c1. The fraction of sp³-hybridized carbons (Fsp3) is 0.548. The monoisotopic (exact) mass is 850 g/mol. The van der Waals surface area contributed by atoms with E-state index in [1.807, 2.05) is 30.9 Å². The molecule has 1 aliphatic carbocycles. The second kappa shape index (κ2) is 18.3. The lowest BCUT2D eigenvalue weighted by atomic mass is 10.0. The molecule has 0 bridgehead atoms. The van der Waals surface area contributed by atoms with E-state index >= 15 is 0 Å². The van der Waals surface area contributed by atoms with Gasteiger partial charge in [0, 0.05) is 62.7 Å². The zero-order valence-corrected chi connectivity index (χ0v) is 35.3. The molecule has 324 valence electrons. The first-order valence-corrected chi connectivity index (χ1v) is 20.7. The van der Waals surface area contributed by atoms with E-state index in [0.717, 1.165) is 10.5 Å². The summed E-state index contributed by atoms with van der Waals surface area (Å²) in [6.07, 6.45) is -1.85. The minimum atomic E-state index is -1.59. The molecule has 1 saturated carbocycles. The number of nitrogens with zero attached hydrogens (tertiary/aromatic N) is 4. The molecule has 6 N–H and O–H groups in total. The number of halogens is 1. The number of aliphatic hydroxyl groups is 2. The Kier molecular flexibility index (Phi) is 13.5. The number of piperazine rings is 1. The Bertz CT molecular complexity index is 2020. The van der Waals surface area contributed by atoms with Crippen LogP contribution in [0, 0.1) is 12.8 Å². The van der Waals surface area contributed by atoms with E-state index in [1.54, 1.807) is 49.2 Å². The molecular formula is C42H55ClN8O9. The van der Waals surface area contributed by atoms with E-state index < -0.39 is 77.6 Å². The van der Waals surface area contributed by atoms with Crippen LogP contribution in [0.2, 0.25) is 5.02 Å². The lowest BCUT2D eigenvalue weighted by Crippen LogP contribution is -2.65. The summed E-state index contributed by atoms with van der Waals surface area (Å²) in [6.45, 7) is 7.45. The highest BCUT2D eigenvalue weighted by Gasteiger charge is 2.63. The minimum absolute atomic E-state index is 0.00993. The van der Waals surface area contributed by atoms with Crippen molar-refractivity contribution in [3.8, 4) is 0 Å². The molecule has 0 aromatic heterocycles. The summed E-state index contributed by atoms with van der Waals surface area (Å²) >= 11 is 6.08. The molecule has 3 aliphatic heterocycles. The average molecular weight is 851 g/mol. The Labute approximate surface area is 354 Å². The number of aryl methyl sites for hydroxylation is 1. The van der Waals surface area contributed by atoms with Crippen LogP contribution < -0.4 is 21.3 Å². The Balaban J connectivity index is 1.16. The molecular weight excluding hydrogens is 796 g/mol. The Morgan fingerprint density at radius 1 is 0.917 bits per heavy atom. The highest BCUT2D eigenvalue weighted by molar-refractivity contribution is 6.30. The van der Waals surface area contributed by atoms with Gasteiger partial charge in [-0.15, -0.1) is 0 Å². The van der Waals surface area contributed by atoms with Crippen molar-refractivity contribution in [3.63, 3.8) is 0 Å². The number of benzene rings is 2. The maximum atomic E-state index is 14.4. The standard InChI is InChI=1S/C42H55ClN8O9/c1-23-8-6-9-27(14-23)15-31(46-41(60)45-29-11-7-10-28(43)16-29)36(55)47-35(26(4)52)40(59)50-21-30(53)17-32(50)39(58)49-13-12-48(5)22-33(49)37(56)44-25(3)38(57)51-20-24(2)18-42(51)19-34(42)54/h6-11,14,16,24-26,30-33,35,52-53H,12-13,15,17-22H2,1-5H3,(H,44,56)(H,47,55)(H2,45,46,60)/t24-,25+,26+,30-,31+,32+,33+,35+,42+/m1/s1. The zero-order valence-electron chi connectivity index (χ0n) is 34.5. The maximum Gasteiger partial charge on any atom is 0.319 e. The molecule has 3 saturated heterocycles. The second-order valence-corrected chi connectivity index (χ2v) is 17.3. The molecule has 18 heteroatoms. The summed E-state index contributed by atoms with van der Waals surface area (Å²) in [5.41, 5.74) is 1.21. The molecule has 6 rings (SSSR count). The first-order chi connectivity index (χ1) is 28.4. The van der Waals surface area contributed by atoms with Gasteiger partial charge in [0.2, 0.25) is 29.5 Å². The number of carbonyl (C=O) groups excluding carboxylic acids is 7. The largest absolute Gasteiger partial charge is 0.391 e. The van der Waals surface area contributed by atoms with Crippen molar-refractivity contribution >= 4 is 58.6 Å². The van der Waals surface area contributed by atoms with Crippen LogP contribution in [0.15, 0.2) is 48.5 Å². The summed E-state index contributed by atoms with van der Waals surface area (Å²) in [4.78, 5) is 102. The third-order valence-electron chi connectivity index (χ3n) is 11.8. The van der Waals surface area contributed by atoms with Gasteiger partial charge in [-0.25, -0.2) is 4.79 Å². The lowest BCUT2D eigenvalue weighted by molar-refractivity contribution is -0.152. The van der Waals surface area contributed by atoms with Gasteiger partial charge in [-0.1, -0.05) is 54.4 Å². The molecule has 1 spiro atoms. The predicted octanol–water partition coefficient (Wildman–Crippen LogP) is 0.436. The van der Waals surface area contributed by atoms with Gasteiger partial charge in [0.1, 0.15) is 35.7 Å². The van der Waals surface area contributed by atoms with Crippen molar-refractivity contribution < 1.29 is 43.8 Å². The second-order valence-electron chi connectivity index (χ2n) is 16.9. The number of aliphatic hydroxyl groups excluding tert-OH is 2. The van der Waals surface area contributed by atoms with Crippen molar-refractivity contribution in [2.45, 2.75) is 101 Å². The maximum absolute atomic E-state index is 14.4. The molecule has 0 unspecified atom stereocenters. The van der Waals surface area contributed by atoms with Crippen molar-refractivity contribution in [3.05, 3.63) is 64.7 Å². The normalized spacial score (nSPS) is 25.9. The first kappa shape index (κ1) is 44.5. The molecule has 4 fully saturated rings. The number of ketones is 1. The molecule has 17 nitrogen and oxygen atoms in total. The van der Waals surface area contributed by atoms with E-state index in [9.17, 15) is 43.8 Å². The Morgan fingerprint density at radius 2 is 1.63 bits per heavy atom. The first-order valence-electron chi connectivity index (χ1n) is 20.4. The lowest BCUT2D eigenvalue weighted by Gasteiger charge is -2.42. The number of rotatable bonds is 12.